The van der Waals surface area contributed by atoms with Crippen molar-refractivity contribution in [3.05, 3.63) is 53.1 Å². The maximum absolute atomic E-state index is 13.3. The second-order valence-electron chi connectivity index (χ2n) is 8.51. The Bertz CT molecular complexity index is 962. The molecule has 2 atom stereocenters. The summed E-state index contributed by atoms with van der Waals surface area (Å²) in [5, 5.41) is 20.5. The van der Waals surface area contributed by atoms with Crippen molar-refractivity contribution < 1.29 is 28.2 Å². The summed E-state index contributed by atoms with van der Waals surface area (Å²) in [6.07, 6.45) is -1.20. The van der Waals surface area contributed by atoms with Gasteiger partial charge in [0.1, 0.15) is 0 Å². The molecule has 2 aliphatic rings. The third-order valence-corrected chi connectivity index (χ3v) is 6.28. The number of benzene rings is 1. The van der Waals surface area contributed by atoms with Gasteiger partial charge in [0, 0.05) is 12.1 Å². The fraction of sp³-hybridized carbons (Fsp3) is 0.524. The van der Waals surface area contributed by atoms with Gasteiger partial charge in [-0.05, 0) is 50.8 Å². The van der Waals surface area contributed by atoms with E-state index in [0.717, 1.165) is 12.0 Å². The maximum Gasteiger partial charge on any atom is 0.424 e. The third-order valence-electron chi connectivity index (χ3n) is 6.28. The summed E-state index contributed by atoms with van der Waals surface area (Å²) in [4.78, 5) is 18.4. The molecule has 0 saturated heterocycles. The van der Waals surface area contributed by atoms with Crippen LogP contribution in [0.5, 0.6) is 0 Å². The van der Waals surface area contributed by atoms with E-state index in [1.165, 1.54) is 10.8 Å². The second kappa shape index (κ2) is 6.81. The number of nitrogens with zero attached hydrogens (tertiary/aromatic N) is 3. The van der Waals surface area contributed by atoms with Crippen LogP contribution in [0, 0.1) is 0 Å². The van der Waals surface area contributed by atoms with Gasteiger partial charge in [-0.2, -0.15) is 13.2 Å². The third kappa shape index (κ3) is 3.20. The number of fused-ring (bicyclic) bond motifs is 1. The molecular formula is C21H24F3N3O3. The number of carbonyl (C=O) groups is 1. The van der Waals surface area contributed by atoms with Gasteiger partial charge in [-0.1, -0.05) is 12.1 Å². The Kier molecular flexibility index (Phi) is 4.74. The Morgan fingerprint density at radius 3 is 2.40 bits per heavy atom. The number of amides is 1. The predicted octanol–water partition coefficient (Wildman–Crippen LogP) is 3.24. The van der Waals surface area contributed by atoms with E-state index in [-0.39, 0.29) is 19.0 Å². The topological polar surface area (TPSA) is 78.6 Å². The van der Waals surface area contributed by atoms with E-state index >= 15 is 0 Å². The van der Waals surface area contributed by atoms with Crippen LogP contribution >= 0.6 is 0 Å². The number of hydrogen-bond donors (Lipinski definition) is 2. The van der Waals surface area contributed by atoms with Gasteiger partial charge in [0.25, 0.3) is 5.91 Å². The smallest absolute Gasteiger partial charge is 0.385 e. The molecule has 0 spiro atoms. The average molecular weight is 423 g/mol. The highest BCUT2D eigenvalue weighted by Gasteiger charge is 2.55. The fourth-order valence-electron chi connectivity index (χ4n) is 4.21. The Hall–Kier alpha value is -2.39. The lowest BCUT2D eigenvalue weighted by atomic mass is 9.75. The molecule has 1 aliphatic heterocycles. The summed E-state index contributed by atoms with van der Waals surface area (Å²) in [5.74, 6) is -0.715. The molecule has 0 unspecified atom stereocenters. The zero-order valence-electron chi connectivity index (χ0n) is 16.8. The number of rotatable bonds is 3. The lowest BCUT2D eigenvalue weighted by Gasteiger charge is -2.37. The van der Waals surface area contributed by atoms with E-state index in [1.54, 1.807) is 36.1 Å². The first-order chi connectivity index (χ1) is 13.9. The molecule has 1 aromatic heterocycles. The van der Waals surface area contributed by atoms with Gasteiger partial charge in [0.05, 0.1) is 30.1 Å². The molecular weight excluding hydrogens is 399 g/mol. The van der Waals surface area contributed by atoms with Crippen molar-refractivity contribution in [1.29, 1.82) is 0 Å². The molecule has 0 radical (unpaired) electrons. The van der Waals surface area contributed by atoms with Gasteiger partial charge in [0.15, 0.2) is 5.82 Å². The van der Waals surface area contributed by atoms with E-state index in [2.05, 4.69) is 4.98 Å². The summed E-state index contributed by atoms with van der Waals surface area (Å²) in [5.41, 5.74) is -2.22. The molecule has 0 bridgehead atoms. The molecule has 4 rings (SSSR count). The first-order valence-corrected chi connectivity index (χ1v) is 9.92. The molecule has 30 heavy (non-hydrogen) atoms. The van der Waals surface area contributed by atoms with Crippen LogP contribution in [0.15, 0.2) is 30.5 Å². The SMILES string of the molecule is C[C@H]1CN(C(=O)c2ccc(C3(O)CCC3)cc2)Cc2cnc([C@@](C)(O)C(F)(F)F)n21. The van der Waals surface area contributed by atoms with E-state index in [0.29, 0.717) is 31.0 Å². The van der Waals surface area contributed by atoms with E-state index in [1.807, 2.05) is 0 Å². The van der Waals surface area contributed by atoms with Crippen LogP contribution in [0.25, 0.3) is 0 Å². The lowest BCUT2D eigenvalue weighted by Crippen LogP contribution is -2.45. The van der Waals surface area contributed by atoms with Crippen LogP contribution in [0.2, 0.25) is 0 Å². The summed E-state index contributed by atoms with van der Waals surface area (Å²) >= 11 is 0. The quantitative estimate of drug-likeness (QED) is 0.795. The summed E-state index contributed by atoms with van der Waals surface area (Å²) in [6, 6.07) is 6.36. The molecule has 2 aromatic rings. The van der Waals surface area contributed by atoms with Crippen molar-refractivity contribution in [2.75, 3.05) is 6.54 Å². The molecule has 1 fully saturated rings. The van der Waals surface area contributed by atoms with Crippen LogP contribution in [0.3, 0.4) is 0 Å². The highest BCUT2D eigenvalue weighted by Crippen LogP contribution is 2.42. The van der Waals surface area contributed by atoms with Gasteiger partial charge in [-0.15, -0.1) is 0 Å². The Morgan fingerprint density at radius 1 is 1.23 bits per heavy atom. The van der Waals surface area contributed by atoms with Crippen LogP contribution in [0.4, 0.5) is 13.2 Å². The summed E-state index contributed by atoms with van der Waals surface area (Å²) in [6.45, 7) is 2.66. The number of alkyl halides is 3. The van der Waals surface area contributed by atoms with E-state index in [9.17, 15) is 28.2 Å². The van der Waals surface area contributed by atoms with Crippen LogP contribution in [-0.2, 0) is 17.7 Å². The first-order valence-electron chi connectivity index (χ1n) is 9.92. The minimum atomic E-state index is -4.87. The summed E-state index contributed by atoms with van der Waals surface area (Å²) in [7, 11) is 0. The van der Waals surface area contributed by atoms with E-state index < -0.39 is 29.2 Å². The number of aliphatic hydroxyl groups is 2. The molecule has 2 N–H and O–H groups in total. The maximum atomic E-state index is 13.3. The minimum Gasteiger partial charge on any atom is -0.385 e. The van der Waals surface area contributed by atoms with Gasteiger partial charge >= 0.3 is 6.18 Å². The summed E-state index contributed by atoms with van der Waals surface area (Å²) < 4.78 is 41.2. The first kappa shape index (κ1) is 20.9. The van der Waals surface area contributed by atoms with E-state index in [4.69, 9.17) is 0 Å². The van der Waals surface area contributed by atoms with Gasteiger partial charge in [0.2, 0.25) is 5.60 Å². The van der Waals surface area contributed by atoms with Crippen molar-refractivity contribution in [2.45, 2.75) is 63.1 Å². The highest BCUT2D eigenvalue weighted by molar-refractivity contribution is 5.94. The minimum absolute atomic E-state index is 0.0931. The van der Waals surface area contributed by atoms with Crippen LogP contribution < -0.4 is 0 Å². The van der Waals surface area contributed by atoms with Crippen molar-refractivity contribution in [2.24, 2.45) is 0 Å². The number of imidazole rings is 1. The average Bonchev–Trinajstić information content (AvgIpc) is 3.10. The molecule has 6 nitrogen and oxygen atoms in total. The molecule has 1 amide bonds. The Balaban J connectivity index is 1.56. The van der Waals surface area contributed by atoms with Crippen LogP contribution in [0.1, 0.15) is 66.6 Å². The highest BCUT2D eigenvalue weighted by atomic mass is 19.4. The molecule has 1 saturated carbocycles. The molecule has 9 heteroatoms. The molecule has 162 valence electrons. The Labute approximate surface area is 172 Å². The van der Waals surface area contributed by atoms with Crippen molar-refractivity contribution >= 4 is 5.91 Å². The lowest BCUT2D eigenvalue weighted by molar-refractivity contribution is -0.263. The van der Waals surface area contributed by atoms with Crippen LogP contribution in [-0.4, -0.2) is 43.3 Å². The monoisotopic (exact) mass is 423 g/mol. The molecule has 1 aliphatic carbocycles. The van der Waals surface area contributed by atoms with Gasteiger partial charge < -0.3 is 19.7 Å². The zero-order chi connectivity index (χ0) is 21.9. The predicted molar refractivity (Wildman–Crippen MR) is 101 cm³/mol. The fourth-order valence-corrected chi connectivity index (χ4v) is 4.21. The Morgan fingerprint density at radius 2 is 1.87 bits per heavy atom. The largest absolute Gasteiger partial charge is 0.424 e. The second-order valence-corrected chi connectivity index (χ2v) is 8.51. The normalized spacial score (nSPS) is 22.8. The zero-order valence-corrected chi connectivity index (χ0v) is 16.8. The van der Waals surface area contributed by atoms with Crippen molar-refractivity contribution in [1.82, 2.24) is 14.5 Å². The van der Waals surface area contributed by atoms with Gasteiger partial charge in [-0.25, -0.2) is 4.98 Å². The number of halogens is 3. The van der Waals surface area contributed by atoms with Crippen molar-refractivity contribution in [3.63, 3.8) is 0 Å². The van der Waals surface area contributed by atoms with Gasteiger partial charge in [-0.3, -0.25) is 4.79 Å². The number of carbonyl (C=O) groups excluding carboxylic acids is 1. The molecule has 2 heterocycles. The standard InChI is InChI=1S/C21H24F3N3O3/c1-13-11-26(12-16-10-25-18(27(13)16)19(2,29)21(22,23)24)17(28)14-4-6-15(7-5-14)20(30)8-3-9-20/h4-7,10,13,29-30H,3,8-9,11-12H2,1-2H3/t13-,19+/m0/s1. The number of hydrogen-bond acceptors (Lipinski definition) is 4. The molecule has 1 aromatic carbocycles. The van der Waals surface area contributed by atoms with Crippen molar-refractivity contribution in [3.8, 4) is 0 Å². The number of aromatic nitrogens is 2.